The Morgan fingerprint density at radius 2 is 1.44 bits per heavy atom. The van der Waals surface area contributed by atoms with E-state index in [0.29, 0.717) is 49.6 Å². The fourth-order valence-corrected chi connectivity index (χ4v) is 5.21. The summed E-state index contributed by atoms with van der Waals surface area (Å²) < 4.78 is 12.5. The number of esters is 1. The normalized spacial score (nSPS) is 13.0. The Balaban J connectivity index is 1.30. The molecule has 1 N–H and O–H groups in total. The monoisotopic (exact) mass is 580 g/mol. The average molecular weight is 581 g/mol. The molecule has 1 saturated heterocycles. The van der Waals surface area contributed by atoms with Crippen molar-refractivity contribution in [2.24, 2.45) is 0 Å². The van der Waals surface area contributed by atoms with Gasteiger partial charge in [0.2, 0.25) is 0 Å². The molecular weight excluding hydrogens is 544 g/mol. The molecule has 9 heteroatoms. The van der Waals surface area contributed by atoms with Gasteiger partial charge in [-0.3, -0.25) is 4.79 Å². The number of piperazine rings is 1. The number of aryl methyl sites for hydroxylation is 1. The van der Waals surface area contributed by atoms with Crippen LogP contribution < -0.4 is 10.1 Å². The van der Waals surface area contributed by atoms with E-state index in [1.807, 2.05) is 44.2 Å². The predicted octanol–water partition coefficient (Wildman–Crippen LogP) is 5.94. The van der Waals surface area contributed by atoms with E-state index >= 15 is 0 Å². The zero-order chi connectivity index (χ0) is 30.5. The van der Waals surface area contributed by atoms with Crippen LogP contribution in [0, 0.1) is 13.8 Å². The Hall–Kier alpha value is -5.05. The Morgan fingerprint density at radius 3 is 2.05 bits per heavy atom. The maximum absolute atomic E-state index is 13.8. The first-order chi connectivity index (χ1) is 20.8. The average Bonchev–Trinajstić information content (AvgIpc) is 3.38. The third-order valence-corrected chi connectivity index (χ3v) is 7.66. The summed E-state index contributed by atoms with van der Waals surface area (Å²) in [6, 6.07) is 24.4. The van der Waals surface area contributed by atoms with Gasteiger partial charge >= 0.3 is 12.0 Å². The molecule has 0 spiro atoms. The highest BCUT2D eigenvalue weighted by atomic mass is 16.5. The minimum absolute atomic E-state index is 0.0623. The Morgan fingerprint density at radius 1 is 0.814 bits per heavy atom. The summed E-state index contributed by atoms with van der Waals surface area (Å²) in [4.78, 5) is 42.1. The van der Waals surface area contributed by atoms with E-state index in [4.69, 9.17) is 9.47 Å². The van der Waals surface area contributed by atoms with E-state index in [0.717, 1.165) is 34.0 Å². The Kier molecular flexibility index (Phi) is 8.80. The highest BCUT2D eigenvalue weighted by molar-refractivity contribution is 5.98. The van der Waals surface area contributed by atoms with Gasteiger partial charge in [-0.25, -0.2) is 9.59 Å². The topological polar surface area (TPSA) is 93.1 Å². The number of anilines is 1. The molecule has 5 rings (SSSR count). The second kappa shape index (κ2) is 12.9. The molecule has 3 amide bonds. The summed E-state index contributed by atoms with van der Waals surface area (Å²) in [5.74, 6) is 0.301. The molecule has 0 bridgehead atoms. The second-order valence-corrected chi connectivity index (χ2v) is 10.4. The number of carbonyl (C=O) groups is 3. The second-order valence-electron chi connectivity index (χ2n) is 10.4. The van der Waals surface area contributed by atoms with Crippen LogP contribution in [-0.4, -0.2) is 72.2 Å². The summed E-state index contributed by atoms with van der Waals surface area (Å²) in [5, 5.41) is 2.87. The van der Waals surface area contributed by atoms with Crippen LogP contribution in [0.25, 0.3) is 16.9 Å². The third-order valence-electron chi connectivity index (χ3n) is 7.66. The first-order valence-corrected chi connectivity index (χ1v) is 14.3. The zero-order valence-corrected chi connectivity index (χ0v) is 24.9. The van der Waals surface area contributed by atoms with Gasteiger partial charge in [0.25, 0.3) is 5.91 Å². The largest absolute Gasteiger partial charge is 0.497 e. The molecule has 0 radical (unpaired) electrons. The summed E-state index contributed by atoms with van der Waals surface area (Å²) in [6.07, 6.45) is 0. The van der Waals surface area contributed by atoms with E-state index in [1.54, 1.807) is 48.1 Å². The number of carbonyl (C=O) groups excluding carboxylic acids is 3. The lowest BCUT2D eigenvalue weighted by Crippen LogP contribution is -2.51. The lowest BCUT2D eigenvalue weighted by Gasteiger charge is -2.34. The molecule has 43 heavy (non-hydrogen) atoms. The molecule has 0 saturated carbocycles. The molecule has 9 nitrogen and oxygen atoms in total. The SMILES string of the molecule is CCOC(=O)c1ccc(NC(=O)N2CCN(C(=O)c3cc(-c4ccc(OC)cc4)n(-c4ccc(C)cc4)c3C)CC2)cc1. The first-order valence-electron chi connectivity index (χ1n) is 14.3. The highest BCUT2D eigenvalue weighted by Gasteiger charge is 2.28. The van der Waals surface area contributed by atoms with Gasteiger partial charge in [0.15, 0.2) is 0 Å². The predicted molar refractivity (Wildman–Crippen MR) is 166 cm³/mol. The number of hydrogen-bond acceptors (Lipinski definition) is 5. The van der Waals surface area contributed by atoms with Crippen molar-refractivity contribution in [3.63, 3.8) is 0 Å². The molecule has 1 aliphatic rings. The molecule has 1 fully saturated rings. The molecule has 1 aliphatic heterocycles. The van der Waals surface area contributed by atoms with Gasteiger partial charge in [0.1, 0.15) is 5.75 Å². The number of nitrogens with one attached hydrogen (secondary N) is 1. The van der Waals surface area contributed by atoms with Crippen molar-refractivity contribution in [1.29, 1.82) is 0 Å². The van der Waals surface area contributed by atoms with E-state index in [-0.39, 0.29) is 11.9 Å². The van der Waals surface area contributed by atoms with Crippen LogP contribution >= 0.6 is 0 Å². The maximum atomic E-state index is 13.8. The van der Waals surface area contributed by atoms with Gasteiger partial charge < -0.3 is 29.2 Å². The number of rotatable bonds is 7. The van der Waals surface area contributed by atoms with E-state index < -0.39 is 5.97 Å². The number of hydrogen-bond donors (Lipinski definition) is 1. The van der Waals surface area contributed by atoms with E-state index in [2.05, 4.69) is 34.1 Å². The van der Waals surface area contributed by atoms with Gasteiger partial charge in [-0.05, 0) is 93.1 Å². The molecule has 0 unspecified atom stereocenters. The Labute approximate surface area is 251 Å². The Bertz CT molecular complexity index is 1600. The molecule has 0 aliphatic carbocycles. The number of methoxy groups -OCH3 is 1. The minimum Gasteiger partial charge on any atom is -0.497 e. The van der Waals surface area contributed by atoms with Crippen LogP contribution in [0.1, 0.15) is 38.9 Å². The smallest absolute Gasteiger partial charge is 0.338 e. The van der Waals surface area contributed by atoms with E-state index in [9.17, 15) is 14.4 Å². The van der Waals surface area contributed by atoms with Crippen molar-refractivity contribution in [1.82, 2.24) is 14.4 Å². The third kappa shape index (κ3) is 6.40. The van der Waals surface area contributed by atoms with Crippen molar-refractivity contribution < 1.29 is 23.9 Å². The van der Waals surface area contributed by atoms with Gasteiger partial charge in [0, 0.05) is 43.2 Å². The van der Waals surface area contributed by atoms with Gasteiger partial charge in [0.05, 0.1) is 30.5 Å². The quantitative estimate of drug-likeness (QED) is 0.273. The van der Waals surface area contributed by atoms with Crippen LogP contribution in [-0.2, 0) is 4.74 Å². The molecule has 4 aromatic rings. The summed E-state index contributed by atoms with van der Waals surface area (Å²) in [7, 11) is 1.64. The number of benzene rings is 3. The number of aromatic nitrogens is 1. The molecular formula is C34H36N4O5. The fourth-order valence-electron chi connectivity index (χ4n) is 5.21. The number of nitrogens with zero attached hydrogens (tertiary/aromatic N) is 3. The van der Waals surface area contributed by atoms with Gasteiger partial charge in [-0.15, -0.1) is 0 Å². The van der Waals surface area contributed by atoms with Crippen molar-refractivity contribution in [2.75, 3.05) is 45.2 Å². The first kappa shape index (κ1) is 29.4. The van der Waals surface area contributed by atoms with Crippen LogP contribution in [0.15, 0.2) is 78.9 Å². The summed E-state index contributed by atoms with van der Waals surface area (Å²) >= 11 is 0. The molecule has 1 aromatic heterocycles. The fraction of sp³-hybridized carbons (Fsp3) is 0.265. The highest BCUT2D eigenvalue weighted by Crippen LogP contribution is 2.31. The van der Waals surface area contributed by atoms with Gasteiger partial charge in [-0.1, -0.05) is 17.7 Å². The van der Waals surface area contributed by atoms with Gasteiger partial charge in [-0.2, -0.15) is 0 Å². The van der Waals surface area contributed by atoms with E-state index in [1.165, 1.54) is 0 Å². The molecule has 0 atom stereocenters. The standard InChI is InChI=1S/C34H36N4O5/c1-5-43-33(40)26-8-12-27(13-9-26)35-34(41)37-20-18-36(19-21-37)32(39)30-22-31(25-10-16-29(42-4)17-11-25)38(24(30)3)28-14-6-23(2)7-15-28/h6-17,22H,5,18-21H2,1-4H3,(H,35,41). The maximum Gasteiger partial charge on any atom is 0.338 e. The van der Waals surface area contributed by atoms with Crippen LogP contribution in [0.2, 0.25) is 0 Å². The lowest BCUT2D eigenvalue weighted by molar-refractivity contribution is 0.0526. The van der Waals surface area contributed by atoms with Crippen molar-refractivity contribution in [2.45, 2.75) is 20.8 Å². The molecule has 3 aromatic carbocycles. The molecule has 2 heterocycles. The van der Waals surface area contributed by atoms with Crippen molar-refractivity contribution >= 4 is 23.6 Å². The summed E-state index contributed by atoms with van der Waals surface area (Å²) in [5.41, 5.74) is 6.51. The van der Waals surface area contributed by atoms with Crippen molar-refractivity contribution in [3.8, 4) is 22.7 Å². The zero-order valence-electron chi connectivity index (χ0n) is 24.9. The summed E-state index contributed by atoms with van der Waals surface area (Å²) in [6.45, 7) is 7.71. The minimum atomic E-state index is -0.401. The number of ether oxygens (including phenoxy) is 2. The van der Waals surface area contributed by atoms with Crippen LogP contribution in [0.3, 0.4) is 0 Å². The number of urea groups is 1. The van der Waals surface area contributed by atoms with Crippen LogP contribution in [0.4, 0.5) is 10.5 Å². The van der Waals surface area contributed by atoms with Crippen molar-refractivity contribution in [3.05, 3.63) is 101 Å². The lowest BCUT2D eigenvalue weighted by atomic mass is 10.1. The van der Waals surface area contributed by atoms with Crippen LogP contribution in [0.5, 0.6) is 5.75 Å². The number of amides is 3. The molecule has 222 valence electrons.